The maximum Gasteiger partial charge on any atom is 0.133 e. The highest BCUT2D eigenvalue weighted by atomic mass is 16.1. The van der Waals surface area contributed by atoms with Crippen molar-refractivity contribution in [2.45, 2.75) is 64.2 Å². The molecular weight excluding hydrogens is 246 g/mol. The molecule has 0 spiro atoms. The highest BCUT2D eigenvalue weighted by Crippen LogP contribution is 2.33. The summed E-state index contributed by atoms with van der Waals surface area (Å²) >= 11 is 0. The number of para-hydroxylation sites is 1. The standard InChI is InChI=1S/C18H27NO/c1-2-3-4-5-6-7-10-16(20)13-15-14-19-18-12-9-8-11-17(15)18/h8-9,11-12,15,19H,2-7,10,13-14H2,1H3. The average Bonchev–Trinajstić information content (AvgIpc) is 2.86. The van der Waals surface area contributed by atoms with Crippen molar-refractivity contribution in [2.75, 3.05) is 11.9 Å². The number of nitrogens with one attached hydrogen (secondary N) is 1. The van der Waals surface area contributed by atoms with E-state index in [1.54, 1.807) is 0 Å². The average molecular weight is 273 g/mol. The molecule has 1 N–H and O–H groups in total. The molecule has 1 atom stereocenters. The van der Waals surface area contributed by atoms with Gasteiger partial charge in [0.25, 0.3) is 0 Å². The Balaban J connectivity index is 1.66. The van der Waals surface area contributed by atoms with Crippen LogP contribution in [0, 0.1) is 0 Å². The zero-order valence-electron chi connectivity index (χ0n) is 12.7. The maximum atomic E-state index is 12.1. The summed E-state index contributed by atoms with van der Waals surface area (Å²) in [4.78, 5) is 12.1. The highest BCUT2D eigenvalue weighted by molar-refractivity contribution is 5.80. The number of benzene rings is 1. The summed E-state index contributed by atoms with van der Waals surface area (Å²) in [7, 11) is 0. The fraction of sp³-hybridized carbons (Fsp3) is 0.611. The van der Waals surface area contributed by atoms with Gasteiger partial charge in [0.1, 0.15) is 5.78 Å². The van der Waals surface area contributed by atoms with Gasteiger partial charge >= 0.3 is 0 Å². The van der Waals surface area contributed by atoms with Crippen LogP contribution in [0.4, 0.5) is 5.69 Å². The van der Waals surface area contributed by atoms with Crippen LogP contribution >= 0.6 is 0 Å². The van der Waals surface area contributed by atoms with Crippen molar-refractivity contribution in [3.05, 3.63) is 29.8 Å². The zero-order chi connectivity index (χ0) is 14.2. The predicted octanol–water partition coefficient (Wildman–Crippen LogP) is 4.91. The molecule has 0 radical (unpaired) electrons. The highest BCUT2D eigenvalue weighted by Gasteiger charge is 2.23. The van der Waals surface area contributed by atoms with Gasteiger partial charge < -0.3 is 5.32 Å². The molecule has 0 aromatic heterocycles. The Kier molecular flexibility index (Phi) is 6.10. The first-order valence-corrected chi connectivity index (χ1v) is 8.15. The van der Waals surface area contributed by atoms with E-state index in [0.29, 0.717) is 18.1 Å². The van der Waals surface area contributed by atoms with Crippen molar-refractivity contribution >= 4 is 11.5 Å². The molecule has 0 saturated carbocycles. The fourth-order valence-electron chi connectivity index (χ4n) is 3.02. The number of fused-ring (bicyclic) bond motifs is 1. The van der Waals surface area contributed by atoms with Crippen molar-refractivity contribution in [3.63, 3.8) is 0 Å². The van der Waals surface area contributed by atoms with Crippen LogP contribution in [0.2, 0.25) is 0 Å². The van der Waals surface area contributed by atoms with Gasteiger partial charge in [-0.2, -0.15) is 0 Å². The molecule has 0 bridgehead atoms. The second-order valence-corrected chi connectivity index (χ2v) is 5.93. The number of rotatable bonds is 9. The Labute approximate surface area is 123 Å². The minimum absolute atomic E-state index is 0.388. The van der Waals surface area contributed by atoms with E-state index < -0.39 is 0 Å². The lowest BCUT2D eigenvalue weighted by Crippen LogP contribution is -2.09. The molecule has 0 fully saturated rings. The molecule has 20 heavy (non-hydrogen) atoms. The molecule has 1 aliphatic rings. The van der Waals surface area contributed by atoms with Gasteiger partial charge in [-0.3, -0.25) is 4.79 Å². The first-order valence-electron chi connectivity index (χ1n) is 8.15. The predicted molar refractivity (Wildman–Crippen MR) is 85.3 cm³/mol. The lowest BCUT2D eigenvalue weighted by Gasteiger charge is -2.09. The Morgan fingerprint density at radius 2 is 1.90 bits per heavy atom. The number of anilines is 1. The van der Waals surface area contributed by atoms with Gasteiger partial charge in [0.2, 0.25) is 0 Å². The van der Waals surface area contributed by atoms with Crippen molar-refractivity contribution in [2.24, 2.45) is 0 Å². The van der Waals surface area contributed by atoms with Crippen LogP contribution in [0.15, 0.2) is 24.3 Å². The molecule has 1 aromatic carbocycles. The van der Waals surface area contributed by atoms with E-state index in [-0.39, 0.29) is 0 Å². The van der Waals surface area contributed by atoms with Crippen LogP contribution < -0.4 is 5.32 Å². The third-order valence-electron chi connectivity index (χ3n) is 4.22. The van der Waals surface area contributed by atoms with Crippen LogP contribution in [0.5, 0.6) is 0 Å². The van der Waals surface area contributed by atoms with Gasteiger partial charge in [-0.05, 0) is 18.1 Å². The van der Waals surface area contributed by atoms with Gasteiger partial charge in [0, 0.05) is 31.0 Å². The number of hydrogen-bond acceptors (Lipinski definition) is 2. The van der Waals surface area contributed by atoms with E-state index in [1.165, 1.54) is 43.4 Å². The number of hydrogen-bond donors (Lipinski definition) is 1. The SMILES string of the molecule is CCCCCCCCC(=O)CC1CNc2ccccc21. The molecule has 1 unspecified atom stereocenters. The summed E-state index contributed by atoms with van der Waals surface area (Å²) in [6, 6.07) is 8.37. The minimum atomic E-state index is 0.388. The number of carbonyl (C=O) groups excluding carboxylic acids is 1. The Morgan fingerprint density at radius 3 is 2.75 bits per heavy atom. The molecule has 1 aliphatic heterocycles. The molecule has 110 valence electrons. The maximum absolute atomic E-state index is 12.1. The van der Waals surface area contributed by atoms with Crippen molar-refractivity contribution in [1.82, 2.24) is 0 Å². The van der Waals surface area contributed by atoms with Gasteiger partial charge in [-0.1, -0.05) is 57.2 Å². The molecule has 0 amide bonds. The van der Waals surface area contributed by atoms with Gasteiger partial charge in [-0.15, -0.1) is 0 Å². The largest absolute Gasteiger partial charge is 0.384 e. The Morgan fingerprint density at radius 1 is 1.15 bits per heavy atom. The molecule has 2 nitrogen and oxygen atoms in total. The van der Waals surface area contributed by atoms with Crippen molar-refractivity contribution in [1.29, 1.82) is 0 Å². The lowest BCUT2D eigenvalue weighted by atomic mass is 9.94. The number of ketones is 1. The summed E-state index contributed by atoms with van der Waals surface area (Å²) in [5, 5.41) is 3.39. The number of Topliss-reactive ketones (excluding diaryl/α,β-unsaturated/α-hetero) is 1. The molecule has 2 heteroatoms. The van der Waals surface area contributed by atoms with Crippen molar-refractivity contribution < 1.29 is 4.79 Å². The lowest BCUT2D eigenvalue weighted by molar-refractivity contribution is -0.119. The van der Waals surface area contributed by atoms with Gasteiger partial charge in [0.15, 0.2) is 0 Å². The van der Waals surface area contributed by atoms with E-state index in [1.807, 2.05) is 6.07 Å². The van der Waals surface area contributed by atoms with E-state index in [0.717, 1.165) is 19.4 Å². The molecule has 0 saturated heterocycles. The first-order chi connectivity index (χ1) is 9.81. The second kappa shape index (κ2) is 8.08. The van der Waals surface area contributed by atoms with Crippen LogP contribution in [0.25, 0.3) is 0 Å². The quantitative estimate of drug-likeness (QED) is 0.648. The van der Waals surface area contributed by atoms with Crippen LogP contribution in [0.3, 0.4) is 0 Å². The smallest absolute Gasteiger partial charge is 0.133 e. The zero-order valence-corrected chi connectivity index (χ0v) is 12.7. The van der Waals surface area contributed by atoms with E-state index in [4.69, 9.17) is 0 Å². The van der Waals surface area contributed by atoms with E-state index in [9.17, 15) is 4.79 Å². The topological polar surface area (TPSA) is 29.1 Å². The molecule has 1 aromatic rings. The monoisotopic (exact) mass is 273 g/mol. The third-order valence-corrected chi connectivity index (χ3v) is 4.22. The summed E-state index contributed by atoms with van der Waals surface area (Å²) in [6.07, 6.45) is 8.99. The molecular formula is C18H27NO. The summed E-state index contributed by atoms with van der Waals surface area (Å²) in [5.41, 5.74) is 2.54. The molecule has 0 aliphatic carbocycles. The van der Waals surface area contributed by atoms with Crippen LogP contribution in [-0.2, 0) is 4.79 Å². The molecule has 1 heterocycles. The van der Waals surface area contributed by atoms with Crippen LogP contribution in [0.1, 0.15) is 69.8 Å². The van der Waals surface area contributed by atoms with E-state index in [2.05, 4.69) is 30.4 Å². The summed E-state index contributed by atoms with van der Waals surface area (Å²) in [6.45, 7) is 3.15. The number of unbranched alkanes of at least 4 members (excludes halogenated alkanes) is 5. The second-order valence-electron chi connectivity index (χ2n) is 5.93. The Bertz CT molecular complexity index is 427. The Hall–Kier alpha value is -1.31. The van der Waals surface area contributed by atoms with Gasteiger partial charge in [-0.25, -0.2) is 0 Å². The first kappa shape index (κ1) is 15.1. The van der Waals surface area contributed by atoms with Gasteiger partial charge in [0.05, 0.1) is 0 Å². The number of carbonyl (C=O) groups is 1. The van der Waals surface area contributed by atoms with E-state index >= 15 is 0 Å². The summed E-state index contributed by atoms with van der Waals surface area (Å²) in [5.74, 6) is 0.822. The summed E-state index contributed by atoms with van der Waals surface area (Å²) < 4.78 is 0. The molecule has 2 rings (SSSR count). The normalized spacial score (nSPS) is 16.8. The fourth-order valence-corrected chi connectivity index (χ4v) is 3.02. The third kappa shape index (κ3) is 4.36. The van der Waals surface area contributed by atoms with Crippen LogP contribution in [-0.4, -0.2) is 12.3 Å². The minimum Gasteiger partial charge on any atom is -0.384 e. The van der Waals surface area contributed by atoms with Crippen molar-refractivity contribution in [3.8, 4) is 0 Å².